The fourth-order valence-electron chi connectivity index (χ4n) is 2.46. The number of thiophene rings is 1. The number of urea groups is 1. The summed E-state index contributed by atoms with van der Waals surface area (Å²) in [6.45, 7) is 0.875. The van der Waals surface area contributed by atoms with Gasteiger partial charge in [-0.2, -0.15) is 11.3 Å². The first-order valence-electron chi connectivity index (χ1n) is 7.96. The number of ether oxygens (including phenoxy) is 1. The maximum Gasteiger partial charge on any atom is 0.322 e. The number of pyridine rings is 1. The minimum atomic E-state index is -0.248. The van der Waals surface area contributed by atoms with E-state index >= 15 is 0 Å². The quantitative estimate of drug-likeness (QED) is 0.644. The third-order valence-electron chi connectivity index (χ3n) is 3.72. The molecule has 3 aromatic rings. The summed E-state index contributed by atoms with van der Waals surface area (Å²) in [4.78, 5) is 18.9. The Hall–Kier alpha value is -2.57. The molecule has 3 rings (SSSR count). The molecule has 0 aliphatic heterocycles. The summed E-state index contributed by atoms with van der Waals surface area (Å²) in [5.74, 6) is 0.552. The fourth-order valence-corrected chi connectivity index (χ4v) is 3.29. The smallest absolute Gasteiger partial charge is 0.322 e. The van der Waals surface area contributed by atoms with Crippen LogP contribution in [0.2, 0.25) is 5.02 Å². The van der Waals surface area contributed by atoms with Crippen molar-refractivity contribution < 1.29 is 9.53 Å². The van der Waals surface area contributed by atoms with Gasteiger partial charge in [0, 0.05) is 17.8 Å². The van der Waals surface area contributed by atoms with Crippen molar-refractivity contribution in [2.45, 2.75) is 13.1 Å². The van der Waals surface area contributed by atoms with E-state index in [9.17, 15) is 4.79 Å². The maximum absolute atomic E-state index is 12.9. The van der Waals surface area contributed by atoms with Gasteiger partial charge >= 0.3 is 6.03 Å². The predicted octanol–water partition coefficient (Wildman–Crippen LogP) is 5.04. The topological polar surface area (TPSA) is 54.5 Å². The van der Waals surface area contributed by atoms with Crippen LogP contribution in [-0.2, 0) is 13.1 Å². The average molecular weight is 388 g/mol. The number of hydrogen-bond donors (Lipinski definition) is 1. The molecule has 2 heterocycles. The Balaban J connectivity index is 1.81. The molecule has 2 aromatic heterocycles. The minimum absolute atomic E-state index is 0.248. The van der Waals surface area contributed by atoms with Gasteiger partial charge in [-0.1, -0.05) is 17.7 Å². The predicted molar refractivity (Wildman–Crippen MR) is 105 cm³/mol. The lowest BCUT2D eigenvalue weighted by atomic mass is 10.2. The van der Waals surface area contributed by atoms with Crippen LogP contribution in [0.4, 0.5) is 10.5 Å². The molecule has 134 valence electrons. The number of rotatable bonds is 6. The zero-order chi connectivity index (χ0) is 18.4. The first-order chi connectivity index (χ1) is 12.7. The maximum atomic E-state index is 12.9. The molecule has 1 aromatic carbocycles. The molecule has 0 unspecified atom stereocenters. The number of nitrogens with one attached hydrogen (secondary N) is 1. The molecule has 0 atom stereocenters. The summed E-state index contributed by atoms with van der Waals surface area (Å²) < 4.78 is 5.30. The van der Waals surface area contributed by atoms with Gasteiger partial charge in [-0.3, -0.25) is 4.98 Å². The van der Waals surface area contributed by atoms with Gasteiger partial charge in [-0.05, 0) is 52.7 Å². The number of carbonyl (C=O) groups is 1. The van der Waals surface area contributed by atoms with E-state index in [1.54, 1.807) is 47.7 Å². The molecule has 5 nitrogen and oxygen atoms in total. The number of hydrogen-bond acceptors (Lipinski definition) is 4. The van der Waals surface area contributed by atoms with Gasteiger partial charge < -0.3 is 15.0 Å². The highest BCUT2D eigenvalue weighted by molar-refractivity contribution is 7.07. The van der Waals surface area contributed by atoms with Gasteiger partial charge in [0.2, 0.25) is 0 Å². The van der Waals surface area contributed by atoms with Crippen molar-refractivity contribution in [1.29, 1.82) is 0 Å². The van der Waals surface area contributed by atoms with E-state index < -0.39 is 0 Å². The van der Waals surface area contributed by atoms with E-state index in [0.717, 1.165) is 11.3 Å². The Morgan fingerprint density at radius 1 is 1.27 bits per heavy atom. The van der Waals surface area contributed by atoms with Gasteiger partial charge in [0.1, 0.15) is 5.75 Å². The molecule has 0 spiro atoms. The molecule has 0 saturated carbocycles. The zero-order valence-electron chi connectivity index (χ0n) is 14.2. The summed E-state index contributed by atoms with van der Waals surface area (Å²) in [7, 11) is 1.55. The van der Waals surface area contributed by atoms with Gasteiger partial charge in [-0.25, -0.2) is 4.79 Å². The zero-order valence-corrected chi connectivity index (χ0v) is 15.8. The molecule has 26 heavy (non-hydrogen) atoms. The fraction of sp³-hybridized carbons (Fsp3) is 0.158. The van der Waals surface area contributed by atoms with Gasteiger partial charge in [0.05, 0.1) is 25.0 Å². The number of anilines is 1. The monoisotopic (exact) mass is 387 g/mol. The van der Waals surface area contributed by atoms with Crippen LogP contribution in [-0.4, -0.2) is 23.0 Å². The molecule has 0 radical (unpaired) electrons. The van der Waals surface area contributed by atoms with Crippen LogP contribution in [0.25, 0.3) is 0 Å². The first-order valence-corrected chi connectivity index (χ1v) is 9.28. The molecule has 1 N–H and O–H groups in total. The second kappa shape index (κ2) is 8.69. The third-order valence-corrected chi connectivity index (χ3v) is 4.69. The molecular formula is C19H18ClN3O2S. The average Bonchev–Trinajstić information content (AvgIpc) is 3.15. The van der Waals surface area contributed by atoms with Crippen LogP contribution in [0.1, 0.15) is 11.3 Å². The van der Waals surface area contributed by atoms with E-state index in [4.69, 9.17) is 16.3 Å². The van der Waals surface area contributed by atoms with Crippen molar-refractivity contribution in [3.63, 3.8) is 0 Å². The molecular weight excluding hydrogens is 370 g/mol. The van der Waals surface area contributed by atoms with Crippen LogP contribution in [0, 0.1) is 0 Å². The third kappa shape index (κ3) is 4.74. The largest absolute Gasteiger partial charge is 0.495 e. The van der Waals surface area contributed by atoms with Crippen LogP contribution in [0.15, 0.2) is 59.4 Å². The Morgan fingerprint density at radius 2 is 2.15 bits per heavy atom. The van der Waals surface area contributed by atoms with Gasteiger partial charge in [0.15, 0.2) is 0 Å². The van der Waals surface area contributed by atoms with Crippen LogP contribution >= 0.6 is 22.9 Å². The summed E-state index contributed by atoms with van der Waals surface area (Å²) in [5, 5.41) is 7.43. The Morgan fingerprint density at radius 3 is 2.85 bits per heavy atom. The van der Waals surface area contributed by atoms with Crippen molar-refractivity contribution in [2.75, 3.05) is 12.4 Å². The van der Waals surface area contributed by atoms with E-state index in [2.05, 4.69) is 10.3 Å². The number of nitrogens with zero attached hydrogens (tertiary/aromatic N) is 2. The second-order valence-electron chi connectivity index (χ2n) is 5.58. The molecule has 7 heteroatoms. The summed E-state index contributed by atoms with van der Waals surface area (Å²) in [6, 6.07) is 12.5. The van der Waals surface area contributed by atoms with Crippen molar-refractivity contribution >= 4 is 34.7 Å². The number of amides is 2. The molecule has 2 amide bonds. The molecule has 0 bridgehead atoms. The molecule has 0 fully saturated rings. The van der Waals surface area contributed by atoms with E-state index in [-0.39, 0.29) is 6.03 Å². The number of carbonyl (C=O) groups excluding carboxylic acids is 1. The second-order valence-corrected chi connectivity index (χ2v) is 6.80. The SMILES string of the molecule is COc1ccc(Cl)cc1NC(=O)N(Cc1ccsc1)Cc1ccccn1. The first kappa shape index (κ1) is 18.2. The van der Waals surface area contributed by atoms with Crippen molar-refractivity contribution in [1.82, 2.24) is 9.88 Å². The van der Waals surface area contributed by atoms with Crippen LogP contribution < -0.4 is 10.1 Å². The number of methoxy groups -OCH3 is 1. The number of aromatic nitrogens is 1. The minimum Gasteiger partial charge on any atom is -0.495 e. The Bertz CT molecular complexity index is 856. The van der Waals surface area contributed by atoms with Crippen LogP contribution in [0.3, 0.4) is 0 Å². The van der Waals surface area contributed by atoms with Crippen molar-refractivity contribution in [3.8, 4) is 5.75 Å². The van der Waals surface area contributed by atoms with E-state index in [0.29, 0.717) is 29.5 Å². The number of halogens is 1. The lowest BCUT2D eigenvalue weighted by molar-refractivity contribution is 0.205. The highest BCUT2D eigenvalue weighted by Crippen LogP contribution is 2.28. The van der Waals surface area contributed by atoms with Gasteiger partial charge in [-0.15, -0.1) is 0 Å². The Kier molecular flexibility index (Phi) is 6.09. The lowest BCUT2D eigenvalue weighted by Crippen LogP contribution is -2.34. The molecule has 0 aliphatic rings. The highest BCUT2D eigenvalue weighted by Gasteiger charge is 2.17. The van der Waals surface area contributed by atoms with E-state index in [1.807, 2.05) is 35.0 Å². The van der Waals surface area contributed by atoms with E-state index in [1.165, 1.54) is 0 Å². The summed E-state index contributed by atoms with van der Waals surface area (Å²) in [5.41, 5.74) is 2.41. The molecule has 0 aliphatic carbocycles. The summed E-state index contributed by atoms with van der Waals surface area (Å²) >= 11 is 7.65. The summed E-state index contributed by atoms with van der Waals surface area (Å²) in [6.07, 6.45) is 1.72. The highest BCUT2D eigenvalue weighted by atomic mass is 35.5. The lowest BCUT2D eigenvalue weighted by Gasteiger charge is -2.23. The molecule has 0 saturated heterocycles. The Labute approximate surface area is 161 Å². The van der Waals surface area contributed by atoms with Crippen molar-refractivity contribution in [3.05, 3.63) is 75.7 Å². The van der Waals surface area contributed by atoms with Crippen LogP contribution in [0.5, 0.6) is 5.75 Å². The number of benzene rings is 1. The standard InChI is InChI=1S/C19H18ClN3O2S/c1-25-18-6-5-15(20)10-17(18)22-19(24)23(11-14-7-9-26-13-14)12-16-4-2-3-8-21-16/h2-10,13H,11-12H2,1H3,(H,22,24). The van der Waals surface area contributed by atoms with Gasteiger partial charge in [0.25, 0.3) is 0 Å². The normalized spacial score (nSPS) is 10.4. The van der Waals surface area contributed by atoms with Crippen molar-refractivity contribution in [2.24, 2.45) is 0 Å².